The zero-order valence-corrected chi connectivity index (χ0v) is 11.0. The maximum absolute atomic E-state index is 12.2. The first-order valence-corrected chi connectivity index (χ1v) is 5.76. The summed E-state index contributed by atoms with van der Waals surface area (Å²) in [6.45, 7) is 0. The number of rotatable bonds is 4. The lowest BCUT2D eigenvalue weighted by Gasteiger charge is -2.19. The highest BCUT2D eigenvalue weighted by Crippen LogP contribution is 2.33. The van der Waals surface area contributed by atoms with E-state index in [0.717, 1.165) is 0 Å². The van der Waals surface area contributed by atoms with Crippen LogP contribution in [0.1, 0.15) is 18.5 Å². The van der Waals surface area contributed by atoms with Gasteiger partial charge in [0.25, 0.3) is 0 Å². The molecule has 0 aliphatic rings. The minimum Gasteiger partial charge on any atom is -0.326 e. The van der Waals surface area contributed by atoms with Crippen LogP contribution in [0, 0.1) is 28.1 Å². The van der Waals surface area contributed by atoms with Gasteiger partial charge in [-0.15, -0.1) is 12.6 Å². The molecule has 4 nitrogen and oxygen atoms in total. The standard InChI is InChI=1S/C11H11F3N4S/c1-18-8(5-17-9(18)19)4-10(6-15,7-16)2-3-11(12,13)14/h5H,2-4H2,1H3,(H,17,19). The predicted molar refractivity (Wildman–Crippen MR) is 63.1 cm³/mol. The average Bonchev–Trinajstić information content (AvgIpc) is 2.65. The first kappa shape index (κ1) is 15.4. The lowest BCUT2D eigenvalue weighted by molar-refractivity contribution is -0.138. The summed E-state index contributed by atoms with van der Waals surface area (Å²) in [4.78, 5) is 3.86. The predicted octanol–water partition coefficient (Wildman–Crippen LogP) is 2.63. The lowest BCUT2D eigenvalue weighted by Crippen LogP contribution is -2.24. The normalized spacial score (nSPS) is 11.9. The Morgan fingerprint density at radius 3 is 2.26 bits per heavy atom. The number of hydrogen-bond donors (Lipinski definition) is 1. The Morgan fingerprint density at radius 2 is 1.89 bits per heavy atom. The van der Waals surface area contributed by atoms with Crippen LogP contribution in [0.2, 0.25) is 0 Å². The van der Waals surface area contributed by atoms with E-state index in [1.54, 1.807) is 19.2 Å². The van der Waals surface area contributed by atoms with Gasteiger partial charge in [0.05, 0.1) is 12.1 Å². The molecule has 0 bridgehead atoms. The highest BCUT2D eigenvalue weighted by Gasteiger charge is 2.37. The number of nitrogens with zero attached hydrogens (tertiary/aromatic N) is 4. The van der Waals surface area contributed by atoms with Crippen LogP contribution in [0.3, 0.4) is 0 Å². The molecule has 0 saturated heterocycles. The van der Waals surface area contributed by atoms with E-state index < -0.39 is 24.4 Å². The van der Waals surface area contributed by atoms with Gasteiger partial charge in [0.2, 0.25) is 0 Å². The number of nitriles is 2. The third-order valence-electron chi connectivity index (χ3n) is 2.81. The molecular weight excluding hydrogens is 277 g/mol. The highest BCUT2D eigenvalue weighted by atomic mass is 32.1. The van der Waals surface area contributed by atoms with E-state index >= 15 is 0 Å². The average molecular weight is 288 g/mol. The summed E-state index contributed by atoms with van der Waals surface area (Å²) in [5, 5.41) is 18.5. The quantitative estimate of drug-likeness (QED) is 0.866. The monoisotopic (exact) mass is 288 g/mol. The van der Waals surface area contributed by atoms with Crippen LogP contribution in [-0.2, 0) is 13.5 Å². The van der Waals surface area contributed by atoms with E-state index in [9.17, 15) is 13.2 Å². The molecule has 0 radical (unpaired) electrons. The Hall–Kier alpha value is -1.67. The van der Waals surface area contributed by atoms with Crippen LogP contribution in [0.4, 0.5) is 13.2 Å². The van der Waals surface area contributed by atoms with E-state index in [1.165, 1.54) is 10.8 Å². The van der Waals surface area contributed by atoms with Crippen LogP contribution < -0.4 is 0 Å². The zero-order chi connectivity index (χ0) is 14.7. The number of halogens is 3. The summed E-state index contributed by atoms with van der Waals surface area (Å²) >= 11 is 4.03. The van der Waals surface area contributed by atoms with Crippen molar-refractivity contribution in [3.8, 4) is 12.1 Å². The van der Waals surface area contributed by atoms with Gasteiger partial charge in [-0.3, -0.25) is 0 Å². The number of thiol groups is 1. The number of hydrogen-bond acceptors (Lipinski definition) is 4. The summed E-state index contributed by atoms with van der Waals surface area (Å²) < 4.78 is 38.2. The summed E-state index contributed by atoms with van der Waals surface area (Å²) in [6, 6.07) is 3.39. The van der Waals surface area contributed by atoms with Crippen LogP contribution in [0.15, 0.2) is 11.4 Å². The maximum Gasteiger partial charge on any atom is 0.389 e. The van der Waals surface area contributed by atoms with Gasteiger partial charge >= 0.3 is 6.18 Å². The molecule has 0 amide bonds. The van der Waals surface area contributed by atoms with Gasteiger partial charge in [-0.2, -0.15) is 23.7 Å². The third kappa shape index (κ3) is 3.90. The van der Waals surface area contributed by atoms with Crippen molar-refractivity contribution in [1.82, 2.24) is 9.55 Å². The fourth-order valence-corrected chi connectivity index (χ4v) is 1.75. The van der Waals surface area contributed by atoms with Gasteiger partial charge in [0, 0.05) is 31.8 Å². The molecule has 0 saturated carbocycles. The van der Waals surface area contributed by atoms with Gasteiger partial charge in [-0.05, 0) is 6.42 Å². The van der Waals surface area contributed by atoms with E-state index in [0.29, 0.717) is 10.9 Å². The fourth-order valence-electron chi connectivity index (χ4n) is 1.57. The molecule has 0 aliphatic carbocycles. The van der Waals surface area contributed by atoms with Crippen molar-refractivity contribution in [3.05, 3.63) is 11.9 Å². The van der Waals surface area contributed by atoms with Crippen molar-refractivity contribution in [2.45, 2.75) is 30.6 Å². The molecule has 0 spiro atoms. The maximum atomic E-state index is 12.2. The van der Waals surface area contributed by atoms with Crippen molar-refractivity contribution < 1.29 is 13.2 Å². The molecule has 1 aromatic heterocycles. The van der Waals surface area contributed by atoms with Crippen LogP contribution >= 0.6 is 12.6 Å². The molecule has 0 atom stereocenters. The van der Waals surface area contributed by atoms with Crippen LogP contribution in [-0.4, -0.2) is 15.7 Å². The van der Waals surface area contributed by atoms with Crippen LogP contribution in [0.25, 0.3) is 0 Å². The molecule has 102 valence electrons. The van der Waals surface area contributed by atoms with Crippen molar-refractivity contribution in [2.24, 2.45) is 12.5 Å². The molecule has 1 aromatic rings. The summed E-state index contributed by atoms with van der Waals surface area (Å²) in [5.74, 6) is 0. The Labute approximate surface area is 113 Å². The first-order chi connectivity index (χ1) is 8.73. The van der Waals surface area contributed by atoms with Gasteiger partial charge in [-0.25, -0.2) is 4.98 Å². The summed E-state index contributed by atoms with van der Waals surface area (Å²) in [7, 11) is 1.62. The minimum atomic E-state index is -4.39. The van der Waals surface area contributed by atoms with E-state index in [4.69, 9.17) is 10.5 Å². The van der Waals surface area contributed by atoms with Gasteiger partial charge in [0.1, 0.15) is 5.41 Å². The number of alkyl halides is 3. The molecule has 0 fully saturated rings. The van der Waals surface area contributed by atoms with Gasteiger partial charge in [-0.1, -0.05) is 0 Å². The zero-order valence-electron chi connectivity index (χ0n) is 10.1. The molecule has 1 heterocycles. The molecule has 0 N–H and O–H groups in total. The largest absolute Gasteiger partial charge is 0.389 e. The molecule has 19 heavy (non-hydrogen) atoms. The highest BCUT2D eigenvalue weighted by molar-refractivity contribution is 7.80. The lowest BCUT2D eigenvalue weighted by atomic mass is 9.82. The third-order valence-corrected chi connectivity index (χ3v) is 3.22. The first-order valence-electron chi connectivity index (χ1n) is 5.32. The molecule has 0 aliphatic heterocycles. The molecule has 8 heteroatoms. The molecular formula is C11H11F3N4S. The molecule has 0 unspecified atom stereocenters. The Balaban J connectivity index is 2.93. The van der Waals surface area contributed by atoms with Crippen LogP contribution in [0.5, 0.6) is 0 Å². The van der Waals surface area contributed by atoms with Gasteiger partial charge < -0.3 is 4.57 Å². The summed E-state index contributed by atoms with van der Waals surface area (Å²) in [5.41, 5.74) is -1.21. The van der Waals surface area contributed by atoms with Crippen molar-refractivity contribution in [1.29, 1.82) is 10.5 Å². The second kappa shape index (κ2) is 5.54. The Morgan fingerprint density at radius 1 is 1.32 bits per heavy atom. The topological polar surface area (TPSA) is 65.4 Å². The van der Waals surface area contributed by atoms with Crippen molar-refractivity contribution in [3.63, 3.8) is 0 Å². The molecule has 0 aromatic carbocycles. The van der Waals surface area contributed by atoms with Crippen molar-refractivity contribution >= 4 is 12.6 Å². The number of imidazole rings is 1. The molecule has 1 rings (SSSR count). The van der Waals surface area contributed by atoms with E-state index in [1.807, 2.05) is 0 Å². The SMILES string of the molecule is Cn1c(CC(C#N)(C#N)CCC(F)(F)F)cnc1S. The second-order valence-corrected chi connectivity index (χ2v) is 4.61. The van der Waals surface area contributed by atoms with Crippen molar-refractivity contribution in [2.75, 3.05) is 0 Å². The number of aromatic nitrogens is 2. The van der Waals surface area contributed by atoms with E-state index in [-0.39, 0.29) is 6.42 Å². The fraction of sp³-hybridized carbons (Fsp3) is 0.545. The van der Waals surface area contributed by atoms with Gasteiger partial charge in [0.15, 0.2) is 5.16 Å². The second-order valence-electron chi connectivity index (χ2n) is 4.21. The smallest absolute Gasteiger partial charge is 0.326 e. The Kier molecular flexibility index (Phi) is 4.48. The Bertz CT molecular complexity index is 522. The minimum absolute atomic E-state index is 0.111. The summed E-state index contributed by atoms with van der Waals surface area (Å²) in [6.07, 6.45) is -4.82. The van der Waals surface area contributed by atoms with E-state index in [2.05, 4.69) is 17.6 Å².